The Kier molecular flexibility index (Phi) is 11.0. The topological polar surface area (TPSA) is 116 Å². The highest BCUT2D eigenvalue weighted by Crippen LogP contribution is 2.20. The maximum absolute atomic E-state index is 13.7. The lowest BCUT2D eigenvalue weighted by Crippen LogP contribution is -2.46. The average molecular weight is 578 g/mol. The van der Waals surface area contributed by atoms with E-state index in [0.717, 1.165) is 0 Å². The quantitative estimate of drug-likeness (QED) is 0.224. The Labute approximate surface area is 236 Å². The van der Waals surface area contributed by atoms with Crippen LogP contribution in [0.3, 0.4) is 0 Å². The molecular weight excluding hydrogens is 544 g/mol. The molecule has 1 atom stereocenters. The fourth-order valence-electron chi connectivity index (χ4n) is 3.88. The van der Waals surface area contributed by atoms with Gasteiger partial charge in [-0.05, 0) is 74.5 Å². The Morgan fingerprint density at radius 3 is 2.70 bits per heavy atom. The second-order valence-electron chi connectivity index (χ2n) is 10.1. The van der Waals surface area contributed by atoms with Crippen LogP contribution >= 0.6 is 11.6 Å². The van der Waals surface area contributed by atoms with Crippen molar-refractivity contribution in [3.05, 3.63) is 70.9 Å². The normalized spacial score (nSPS) is 12.2. The lowest BCUT2D eigenvalue weighted by atomic mass is 10.1. The van der Waals surface area contributed by atoms with E-state index in [1.807, 2.05) is 0 Å². The second kappa shape index (κ2) is 14.2. The second-order valence-corrected chi connectivity index (χ2v) is 10.4. The molecule has 0 fully saturated rings. The number of likely N-dealkylation sites (N-methyl/N-ethyl adjacent to an activating group) is 1. The zero-order valence-electron chi connectivity index (χ0n) is 22.6. The number of amides is 3. The van der Waals surface area contributed by atoms with Crippen molar-refractivity contribution in [3.8, 4) is 0 Å². The highest BCUT2D eigenvalue weighted by Gasteiger charge is 2.22. The predicted molar refractivity (Wildman–Crippen MR) is 150 cm³/mol. The third kappa shape index (κ3) is 9.58. The van der Waals surface area contributed by atoms with E-state index in [-0.39, 0.29) is 24.0 Å². The zero-order chi connectivity index (χ0) is 29.3. The van der Waals surface area contributed by atoms with Gasteiger partial charge in [0.25, 0.3) is 0 Å². The molecule has 1 aromatic heterocycles. The SMILES string of the molecule is CN(C(=O)NCc1cccc(F)c1Cl)[C@@H](CCCNCC(C)(C)O)COC(=O)Nc1cc2cc(F)ccc2cn1. The minimum Gasteiger partial charge on any atom is -0.447 e. The van der Waals surface area contributed by atoms with Gasteiger partial charge in [-0.25, -0.2) is 23.4 Å². The van der Waals surface area contributed by atoms with Crippen LogP contribution < -0.4 is 16.0 Å². The highest BCUT2D eigenvalue weighted by atomic mass is 35.5. The van der Waals surface area contributed by atoms with Crippen molar-refractivity contribution in [2.75, 3.05) is 32.1 Å². The Hall–Kier alpha value is -3.54. The van der Waals surface area contributed by atoms with E-state index >= 15 is 0 Å². The number of aliphatic hydroxyl groups is 1. The van der Waals surface area contributed by atoms with Gasteiger partial charge in [0.2, 0.25) is 0 Å². The maximum Gasteiger partial charge on any atom is 0.412 e. The number of aromatic nitrogens is 1. The van der Waals surface area contributed by atoms with Gasteiger partial charge in [-0.15, -0.1) is 0 Å². The van der Waals surface area contributed by atoms with Crippen LogP contribution in [0.2, 0.25) is 5.02 Å². The molecule has 1 heterocycles. The van der Waals surface area contributed by atoms with Crippen molar-refractivity contribution in [2.45, 2.75) is 44.9 Å². The van der Waals surface area contributed by atoms with Crippen LogP contribution in [0.25, 0.3) is 10.8 Å². The molecule has 216 valence electrons. The molecule has 12 heteroatoms. The summed E-state index contributed by atoms with van der Waals surface area (Å²) in [5.41, 5.74) is -0.438. The number of pyridine rings is 1. The number of carbonyl (C=O) groups excluding carboxylic acids is 2. The summed E-state index contributed by atoms with van der Waals surface area (Å²) in [6.45, 7) is 4.24. The molecule has 3 rings (SSSR count). The monoisotopic (exact) mass is 577 g/mol. The van der Waals surface area contributed by atoms with Crippen molar-refractivity contribution in [3.63, 3.8) is 0 Å². The van der Waals surface area contributed by atoms with Gasteiger partial charge in [0.15, 0.2) is 0 Å². The highest BCUT2D eigenvalue weighted by molar-refractivity contribution is 6.31. The first kappa shape index (κ1) is 31.0. The van der Waals surface area contributed by atoms with Gasteiger partial charge in [0, 0.05) is 31.7 Å². The number of nitrogens with one attached hydrogen (secondary N) is 3. The largest absolute Gasteiger partial charge is 0.447 e. The first-order chi connectivity index (χ1) is 18.9. The standard InChI is InChI=1S/C28H34ClF2N5O4/c1-28(2,39)17-32-11-5-7-22(36(3)26(37)34-15-19-6-4-8-23(31)25(19)29)16-40-27(38)35-24-13-20-12-21(30)10-9-18(20)14-33-24/h4,6,8-10,12-14,22,32,39H,5,7,11,15-17H2,1-3H3,(H,34,37)(H,33,35,38)/t22-/m0/s1. The van der Waals surface area contributed by atoms with Gasteiger partial charge >= 0.3 is 12.1 Å². The van der Waals surface area contributed by atoms with E-state index in [2.05, 4.69) is 20.9 Å². The Morgan fingerprint density at radius 2 is 1.95 bits per heavy atom. The van der Waals surface area contributed by atoms with Crippen molar-refractivity contribution < 1.29 is 28.2 Å². The number of carbonyl (C=O) groups is 2. The van der Waals surface area contributed by atoms with Crippen molar-refractivity contribution in [1.29, 1.82) is 0 Å². The van der Waals surface area contributed by atoms with E-state index in [1.54, 1.807) is 33.0 Å². The molecule has 0 saturated heterocycles. The summed E-state index contributed by atoms with van der Waals surface area (Å²) in [5, 5.41) is 19.5. The molecule has 9 nitrogen and oxygen atoms in total. The lowest BCUT2D eigenvalue weighted by Gasteiger charge is -2.28. The van der Waals surface area contributed by atoms with E-state index in [1.165, 1.54) is 41.4 Å². The summed E-state index contributed by atoms with van der Waals surface area (Å²) in [6, 6.07) is 9.16. The number of hydrogen-bond donors (Lipinski definition) is 4. The van der Waals surface area contributed by atoms with Crippen LogP contribution in [-0.4, -0.2) is 65.5 Å². The van der Waals surface area contributed by atoms with Gasteiger partial charge in [0.1, 0.15) is 24.1 Å². The number of rotatable bonds is 12. The number of ether oxygens (including phenoxy) is 1. The van der Waals surface area contributed by atoms with Crippen LogP contribution in [0, 0.1) is 11.6 Å². The summed E-state index contributed by atoms with van der Waals surface area (Å²) in [4.78, 5) is 31.0. The van der Waals surface area contributed by atoms with Gasteiger partial charge in [-0.2, -0.15) is 0 Å². The van der Waals surface area contributed by atoms with E-state index in [0.29, 0.717) is 42.3 Å². The number of benzene rings is 2. The third-order valence-corrected chi connectivity index (χ3v) is 6.52. The summed E-state index contributed by atoms with van der Waals surface area (Å²) < 4.78 is 32.7. The van der Waals surface area contributed by atoms with E-state index < -0.39 is 35.4 Å². The Bertz CT molecular complexity index is 1320. The number of nitrogens with zero attached hydrogens (tertiary/aromatic N) is 2. The molecule has 0 aliphatic heterocycles. The van der Waals surface area contributed by atoms with Gasteiger partial charge in [0.05, 0.1) is 16.7 Å². The zero-order valence-corrected chi connectivity index (χ0v) is 23.4. The van der Waals surface area contributed by atoms with Gasteiger partial charge in [-0.1, -0.05) is 23.7 Å². The molecule has 3 amide bonds. The molecule has 0 aliphatic carbocycles. The summed E-state index contributed by atoms with van der Waals surface area (Å²) in [5.74, 6) is -0.801. The van der Waals surface area contributed by atoms with Gasteiger partial charge in [-0.3, -0.25) is 5.32 Å². The molecule has 2 aromatic carbocycles. The number of fused-ring (bicyclic) bond motifs is 1. The molecule has 0 saturated carbocycles. The average Bonchev–Trinajstić information content (AvgIpc) is 2.89. The van der Waals surface area contributed by atoms with Crippen molar-refractivity contribution >= 4 is 40.3 Å². The lowest BCUT2D eigenvalue weighted by molar-refractivity contribution is 0.0792. The summed E-state index contributed by atoms with van der Waals surface area (Å²) in [7, 11) is 1.57. The van der Waals surface area contributed by atoms with Crippen molar-refractivity contribution in [1.82, 2.24) is 20.5 Å². The smallest absolute Gasteiger partial charge is 0.412 e. The number of halogens is 3. The Morgan fingerprint density at radius 1 is 1.18 bits per heavy atom. The molecule has 0 aliphatic rings. The molecule has 0 bridgehead atoms. The minimum absolute atomic E-state index is 0.00912. The van der Waals surface area contributed by atoms with E-state index in [9.17, 15) is 23.5 Å². The van der Waals surface area contributed by atoms with Crippen molar-refractivity contribution in [2.24, 2.45) is 0 Å². The van der Waals surface area contributed by atoms with Crippen LogP contribution in [0.5, 0.6) is 0 Å². The Balaban J connectivity index is 1.59. The molecule has 0 spiro atoms. The van der Waals surface area contributed by atoms with Crippen LogP contribution in [-0.2, 0) is 11.3 Å². The number of urea groups is 1. The first-order valence-electron chi connectivity index (χ1n) is 12.8. The molecule has 0 radical (unpaired) electrons. The summed E-state index contributed by atoms with van der Waals surface area (Å²) >= 11 is 5.99. The molecule has 40 heavy (non-hydrogen) atoms. The van der Waals surface area contributed by atoms with Gasteiger partial charge < -0.3 is 25.4 Å². The van der Waals surface area contributed by atoms with Crippen LogP contribution in [0.4, 0.5) is 24.2 Å². The minimum atomic E-state index is -0.863. The van der Waals surface area contributed by atoms with Crippen LogP contribution in [0.15, 0.2) is 48.7 Å². The number of hydrogen-bond acceptors (Lipinski definition) is 6. The third-order valence-electron chi connectivity index (χ3n) is 6.10. The maximum atomic E-state index is 13.7. The summed E-state index contributed by atoms with van der Waals surface area (Å²) in [6.07, 6.45) is 1.83. The number of anilines is 1. The molecule has 3 aromatic rings. The molecule has 4 N–H and O–H groups in total. The fourth-order valence-corrected chi connectivity index (χ4v) is 4.08. The fraction of sp³-hybridized carbons (Fsp3) is 0.393. The first-order valence-corrected chi connectivity index (χ1v) is 13.2. The molecule has 0 unspecified atom stereocenters. The van der Waals surface area contributed by atoms with E-state index in [4.69, 9.17) is 16.3 Å². The van der Waals surface area contributed by atoms with Crippen LogP contribution in [0.1, 0.15) is 32.3 Å². The predicted octanol–water partition coefficient (Wildman–Crippen LogP) is 5.07. The molecular formula is C28H34ClF2N5O4.